The summed E-state index contributed by atoms with van der Waals surface area (Å²) in [5, 5.41) is 16.3. The number of aliphatic hydroxyl groups excluding tert-OH is 1. The van der Waals surface area contributed by atoms with E-state index in [1.54, 1.807) is 26.8 Å². The largest absolute Gasteiger partial charge is 0.460 e. The second-order valence-electron chi connectivity index (χ2n) is 10.2. The Bertz CT molecular complexity index is 1220. The minimum Gasteiger partial charge on any atom is -0.460 e. The maximum atomic E-state index is 14.0. The van der Waals surface area contributed by atoms with E-state index in [2.05, 4.69) is 5.32 Å². The highest BCUT2D eigenvalue weighted by Crippen LogP contribution is 2.48. The second kappa shape index (κ2) is 10.7. The highest BCUT2D eigenvalue weighted by molar-refractivity contribution is 7.10. The summed E-state index contributed by atoms with van der Waals surface area (Å²) in [6.07, 6.45) is 0.122. The molecule has 190 valence electrons. The van der Waals surface area contributed by atoms with Gasteiger partial charge in [0.15, 0.2) is 0 Å². The number of aromatic nitrogens is 1. The summed E-state index contributed by atoms with van der Waals surface area (Å²) in [7, 11) is 0. The first-order valence-corrected chi connectivity index (χ1v) is 13.3. The van der Waals surface area contributed by atoms with Gasteiger partial charge in [-0.05, 0) is 45.2 Å². The number of carbonyl (C=O) groups is 2. The van der Waals surface area contributed by atoms with E-state index in [0.29, 0.717) is 28.6 Å². The first-order chi connectivity index (χ1) is 17.1. The number of benzene rings is 2. The van der Waals surface area contributed by atoms with Gasteiger partial charge in [-0.25, -0.2) is 4.98 Å². The van der Waals surface area contributed by atoms with E-state index in [-0.39, 0.29) is 18.9 Å². The van der Waals surface area contributed by atoms with E-state index in [4.69, 9.17) is 21.3 Å². The Kier molecular flexibility index (Phi) is 7.83. The molecule has 36 heavy (non-hydrogen) atoms. The van der Waals surface area contributed by atoms with E-state index < -0.39 is 29.0 Å². The zero-order valence-corrected chi connectivity index (χ0v) is 22.2. The van der Waals surface area contributed by atoms with Gasteiger partial charge in [0, 0.05) is 28.4 Å². The van der Waals surface area contributed by atoms with Crippen LogP contribution in [0.15, 0.2) is 60.0 Å². The molecule has 2 aromatic carbocycles. The lowest BCUT2D eigenvalue weighted by Gasteiger charge is -2.40. The number of halogens is 1. The van der Waals surface area contributed by atoms with Gasteiger partial charge < -0.3 is 15.2 Å². The number of β-amino-alcohol motifs (C(OH)–C–C–N with tert-alkyl or cyclic N) is 1. The Hall–Kier alpha value is -2.74. The van der Waals surface area contributed by atoms with Crippen molar-refractivity contribution in [3.63, 3.8) is 0 Å². The molecule has 1 aliphatic rings. The van der Waals surface area contributed by atoms with E-state index in [1.165, 1.54) is 11.3 Å². The molecule has 1 aliphatic heterocycles. The fourth-order valence-corrected chi connectivity index (χ4v) is 6.08. The lowest BCUT2D eigenvalue weighted by molar-refractivity contribution is -0.159. The van der Waals surface area contributed by atoms with E-state index in [0.717, 1.165) is 11.1 Å². The summed E-state index contributed by atoms with van der Waals surface area (Å²) in [6.45, 7) is 5.53. The lowest BCUT2D eigenvalue weighted by atomic mass is 9.66. The van der Waals surface area contributed by atoms with Gasteiger partial charge in [0.05, 0.1) is 18.2 Å². The molecule has 8 heteroatoms. The molecule has 0 spiro atoms. The number of thiazole rings is 1. The van der Waals surface area contributed by atoms with Crippen LogP contribution >= 0.6 is 22.9 Å². The molecule has 1 saturated heterocycles. The van der Waals surface area contributed by atoms with Crippen molar-refractivity contribution < 1.29 is 19.4 Å². The summed E-state index contributed by atoms with van der Waals surface area (Å²) < 4.78 is 5.71. The molecule has 3 aromatic rings. The minimum atomic E-state index is -1.33. The zero-order valence-electron chi connectivity index (χ0n) is 20.7. The monoisotopic (exact) mass is 526 g/mol. The number of ether oxygens (including phenoxy) is 1. The lowest BCUT2D eigenvalue weighted by Crippen LogP contribution is -2.53. The predicted octanol–water partition coefficient (Wildman–Crippen LogP) is 5.49. The number of nitrogens with one attached hydrogen (secondary N) is 1. The summed E-state index contributed by atoms with van der Waals surface area (Å²) in [5.74, 6) is -1.23. The van der Waals surface area contributed by atoms with Crippen LogP contribution in [0.3, 0.4) is 0 Å². The zero-order chi connectivity index (χ0) is 25.9. The number of carbonyl (C=O) groups excluding carboxylic acids is 2. The van der Waals surface area contributed by atoms with E-state index in [9.17, 15) is 14.7 Å². The maximum absolute atomic E-state index is 14.0. The molecule has 0 aliphatic carbocycles. The first kappa shape index (κ1) is 26.3. The van der Waals surface area contributed by atoms with Gasteiger partial charge in [0.25, 0.3) is 0 Å². The van der Waals surface area contributed by atoms with Crippen LogP contribution in [-0.4, -0.2) is 40.2 Å². The highest BCUT2D eigenvalue weighted by atomic mass is 35.5. The molecule has 6 nitrogen and oxygen atoms in total. The number of hydrogen-bond acceptors (Lipinski definition) is 6. The van der Waals surface area contributed by atoms with Gasteiger partial charge in [0.1, 0.15) is 16.0 Å². The number of hydrogen-bond donors (Lipinski definition) is 2. The smallest absolute Gasteiger partial charge is 0.307 e. The SMILES string of the molecule is CC(C)(C)OC(=O)C[C@@]1(c2nc(-c3ccccc3Cl)cs2)C(=O)NC[C@@H](O)CC[C@H]1c1ccccc1. The molecule has 1 amide bonds. The molecule has 3 atom stereocenters. The standard InChI is InChI=1S/C28H31ClN2O4S/c1-27(2,3)35-24(33)15-28(26-31-23(17-36-26)20-11-7-8-12-22(20)29)21(18-9-5-4-6-10-18)14-13-19(32)16-30-25(28)34/h4-12,17,19,21,32H,13-16H2,1-3H3,(H,30,34)/t19-,21-,28-/m0/s1. The Morgan fingerprint density at radius 2 is 1.86 bits per heavy atom. The molecule has 0 saturated carbocycles. The summed E-state index contributed by atoms with van der Waals surface area (Å²) in [4.78, 5) is 32.3. The van der Waals surface area contributed by atoms with Gasteiger partial charge in [-0.15, -0.1) is 11.3 Å². The van der Waals surface area contributed by atoms with Crippen LogP contribution < -0.4 is 5.32 Å². The van der Waals surface area contributed by atoms with E-state index in [1.807, 2.05) is 53.9 Å². The molecular formula is C28H31ClN2O4S. The van der Waals surface area contributed by atoms with Crippen LogP contribution in [0.25, 0.3) is 11.3 Å². The van der Waals surface area contributed by atoms with Crippen LogP contribution in [-0.2, 0) is 19.7 Å². The molecule has 0 radical (unpaired) electrons. The third kappa shape index (κ3) is 5.64. The Morgan fingerprint density at radius 3 is 2.56 bits per heavy atom. The predicted molar refractivity (Wildman–Crippen MR) is 142 cm³/mol. The molecule has 4 rings (SSSR count). The topological polar surface area (TPSA) is 88.5 Å². The number of esters is 1. The number of aliphatic hydroxyl groups is 1. The normalized spacial score (nSPS) is 22.9. The summed E-state index contributed by atoms with van der Waals surface area (Å²) >= 11 is 7.78. The fraction of sp³-hybridized carbons (Fsp3) is 0.393. The van der Waals surface area contributed by atoms with Gasteiger partial charge in [-0.3, -0.25) is 9.59 Å². The molecule has 2 N–H and O–H groups in total. The molecule has 2 heterocycles. The van der Waals surface area contributed by atoms with Crippen molar-refractivity contribution in [3.8, 4) is 11.3 Å². The van der Waals surface area contributed by atoms with Crippen LogP contribution in [0.2, 0.25) is 5.02 Å². The molecular weight excluding hydrogens is 496 g/mol. The Morgan fingerprint density at radius 1 is 1.17 bits per heavy atom. The van der Waals surface area contributed by atoms with Crippen molar-refractivity contribution in [2.24, 2.45) is 0 Å². The van der Waals surface area contributed by atoms with Crippen molar-refractivity contribution in [2.45, 2.75) is 63.1 Å². The number of rotatable bonds is 5. The maximum Gasteiger partial charge on any atom is 0.307 e. The van der Waals surface area contributed by atoms with Crippen molar-refractivity contribution in [3.05, 3.63) is 75.6 Å². The average molecular weight is 527 g/mol. The number of nitrogens with zero attached hydrogens (tertiary/aromatic N) is 1. The van der Waals surface area contributed by atoms with Crippen molar-refractivity contribution in [1.82, 2.24) is 10.3 Å². The molecule has 0 unspecified atom stereocenters. The highest BCUT2D eigenvalue weighted by Gasteiger charge is 2.53. The first-order valence-electron chi connectivity index (χ1n) is 12.0. The van der Waals surface area contributed by atoms with Gasteiger partial charge in [0.2, 0.25) is 5.91 Å². The van der Waals surface area contributed by atoms with E-state index >= 15 is 0 Å². The molecule has 0 bridgehead atoms. The third-order valence-electron chi connectivity index (χ3n) is 6.37. The van der Waals surface area contributed by atoms with Crippen molar-refractivity contribution >= 4 is 34.8 Å². The summed E-state index contributed by atoms with van der Waals surface area (Å²) in [6, 6.07) is 17.1. The second-order valence-corrected chi connectivity index (χ2v) is 11.4. The third-order valence-corrected chi connectivity index (χ3v) is 7.72. The van der Waals surface area contributed by atoms with Crippen LogP contribution in [0.5, 0.6) is 0 Å². The number of amides is 1. The Balaban J connectivity index is 1.90. The van der Waals surface area contributed by atoms with Crippen LogP contribution in [0.4, 0.5) is 0 Å². The quantitative estimate of drug-likeness (QED) is 0.429. The van der Waals surface area contributed by atoms with Gasteiger partial charge in [-0.1, -0.05) is 60.1 Å². The van der Waals surface area contributed by atoms with Crippen molar-refractivity contribution in [2.75, 3.05) is 6.54 Å². The summed E-state index contributed by atoms with van der Waals surface area (Å²) in [5.41, 5.74) is 0.270. The average Bonchev–Trinajstić information content (AvgIpc) is 3.31. The molecule has 1 aromatic heterocycles. The van der Waals surface area contributed by atoms with Gasteiger partial charge in [-0.2, -0.15) is 0 Å². The fourth-order valence-electron chi connectivity index (χ4n) is 4.77. The molecule has 1 fully saturated rings. The van der Waals surface area contributed by atoms with Crippen molar-refractivity contribution in [1.29, 1.82) is 0 Å². The Labute approximate surface area is 220 Å². The van der Waals surface area contributed by atoms with Crippen LogP contribution in [0.1, 0.15) is 56.5 Å². The minimum absolute atomic E-state index is 0.110. The van der Waals surface area contributed by atoms with Gasteiger partial charge >= 0.3 is 5.97 Å². The van der Waals surface area contributed by atoms with Crippen LogP contribution in [0, 0.1) is 0 Å².